The third-order valence-corrected chi connectivity index (χ3v) is 3.31. The molecule has 4 heteroatoms. The number of hydrogen-bond acceptors (Lipinski definition) is 4. The molecule has 0 N–H and O–H groups in total. The van der Waals surface area contributed by atoms with Gasteiger partial charge in [0.15, 0.2) is 0 Å². The smallest absolute Gasteiger partial charge is 0.303 e. The Balaban J connectivity index is 2.73. The fourth-order valence-corrected chi connectivity index (χ4v) is 2.38. The molecule has 102 valence electrons. The van der Waals surface area contributed by atoms with Crippen LogP contribution in [0.3, 0.4) is 0 Å². The van der Waals surface area contributed by atoms with Crippen LogP contribution in [0.4, 0.5) is 0 Å². The van der Waals surface area contributed by atoms with Gasteiger partial charge in [-0.2, -0.15) is 0 Å². The van der Waals surface area contributed by atoms with E-state index in [1.54, 1.807) is 0 Å². The van der Waals surface area contributed by atoms with Crippen LogP contribution in [-0.2, 0) is 19.1 Å². The zero-order valence-corrected chi connectivity index (χ0v) is 11.8. The second-order valence-corrected chi connectivity index (χ2v) is 5.61. The van der Waals surface area contributed by atoms with Gasteiger partial charge in [0, 0.05) is 19.8 Å². The summed E-state index contributed by atoms with van der Waals surface area (Å²) in [5, 5.41) is 0. The maximum atomic E-state index is 11.1. The molecule has 0 aromatic carbocycles. The molecule has 0 saturated heterocycles. The third-order valence-electron chi connectivity index (χ3n) is 3.31. The molecule has 1 rings (SSSR count). The average molecular weight is 254 g/mol. The summed E-state index contributed by atoms with van der Waals surface area (Å²) in [4.78, 5) is 22.1. The summed E-state index contributed by atoms with van der Waals surface area (Å²) in [6.45, 7) is 8.51. The molecule has 0 fully saturated rings. The summed E-state index contributed by atoms with van der Waals surface area (Å²) in [5.41, 5.74) is -1.06. The lowest BCUT2D eigenvalue weighted by atomic mass is 9.78. The molecule has 0 aromatic rings. The van der Waals surface area contributed by atoms with E-state index in [0.717, 1.165) is 12.8 Å². The molecule has 0 bridgehead atoms. The van der Waals surface area contributed by atoms with Crippen molar-refractivity contribution in [3.8, 4) is 0 Å². The van der Waals surface area contributed by atoms with Crippen LogP contribution in [0.5, 0.6) is 0 Å². The SMILES string of the molecule is CC(=O)OC(C)(C)[C@H]1C=C[C@](C)(OC(C)=O)CC1. The summed E-state index contributed by atoms with van der Waals surface area (Å²) < 4.78 is 10.6. The predicted octanol–water partition coefficient (Wildman–Crippen LogP) is 2.62. The fraction of sp³-hybridized carbons (Fsp3) is 0.714. The number of carbonyl (C=O) groups excluding carboxylic acids is 2. The summed E-state index contributed by atoms with van der Waals surface area (Å²) in [7, 11) is 0. The molecule has 0 radical (unpaired) electrons. The van der Waals surface area contributed by atoms with Crippen LogP contribution in [0.2, 0.25) is 0 Å². The second-order valence-electron chi connectivity index (χ2n) is 5.61. The third kappa shape index (κ3) is 3.86. The van der Waals surface area contributed by atoms with Crippen molar-refractivity contribution in [2.75, 3.05) is 0 Å². The highest BCUT2D eigenvalue weighted by Crippen LogP contribution is 2.36. The van der Waals surface area contributed by atoms with E-state index in [2.05, 4.69) is 0 Å². The van der Waals surface area contributed by atoms with Gasteiger partial charge in [0.05, 0.1) is 0 Å². The summed E-state index contributed by atoms with van der Waals surface area (Å²) >= 11 is 0. The number of esters is 2. The van der Waals surface area contributed by atoms with Crippen molar-refractivity contribution < 1.29 is 19.1 Å². The normalized spacial score (nSPS) is 27.7. The first-order valence-electron chi connectivity index (χ1n) is 6.23. The van der Waals surface area contributed by atoms with Gasteiger partial charge in [-0.25, -0.2) is 0 Å². The Kier molecular flexibility index (Phi) is 4.20. The molecule has 0 heterocycles. The zero-order chi connectivity index (χ0) is 14.0. The van der Waals surface area contributed by atoms with Crippen molar-refractivity contribution in [1.29, 1.82) is 0 Å². The van der Waals surface area contributed by atoms with Crippen LogP contribution in [0, 0.1) is 5.92 Å². The van der Waals surface area contributed by atoms with E-state index in [9.17, 15) is 9.59 Å². The van der Waals surface area contributed by atoms with E-state index in [-0.39, 0.29) is 17.9 Å². The van der Waals surface area contributed by atoms with Crippen LogP contribution in [0.15, 0.2) is 12.2 Å². The molecule has 0 spiro atoms. The molecule has 0 unspecified atom stereocenters. The molecular weight excluding hydrogens is 232 g/mol. The van der Waals surface area contributed by atoms with Gasteiger partial charge in [0.25, 0.3) is 0 Å². The Morgan fingerprint density at radius 2 is 1.89 bits per heavy atom. The van der Waals surface area contributed by atoms with Gasteiger partial charge in [0.1, 0.15) is 11.2 Å². The van der Waals surface area contributed by atoms with Crippen LogP contribution < -0.4 is 0 Å². The lowest BCUT2D eigenvalue weighted by Gasteiger charge is -2.38. The Morgan fingerprint density at radius 3 is 2.28 bits per heavy atom. The summed E-state index contributed by atoms with van der Waals surface area (Å²) in [6, 6.07) is 0. The van der Waals surface area contributed by atoms with Gasteiger partial charge < -0.3 is 9.47 Å². The molecular formula is C14H22O4. The monoisotopic (exact) mass is 254 g/mol. The Hall–Kier alpha value is -1.32. The minimum Gasteiger partial charge on any atom is -0.459 e. The Morgan fingerprint density at radius 1 is 1.28 bits per heavy atom. The van der Waals surface area contributed by atoms with Gasteiger partial charge >= 0.3 is 11.9 Å². The highest BCUT2D eigenvalue weighted by atomic mass is 16.6. The maximum Gasteiger partial charge on any atom is 0.303 e. The van der Waals surface area contributed by atoms with Crippen LogP contribution in [-0.4, -0.2) is 23.1 Å². The molecule has 2 atom stereocenters. The highest BCUT2D eigenvalue weighted by molar-refractivity contribution is 5.67. The van der Waals surface area contributed by atoms with Crippen molar-refractivity contribution in [2.45, 2.75) is 58.7 Å². The molecule has 18 heavy (non-hydrogen) atoms. The van der Waals surface area contributed by atoms with Crippen molar-refractivity contribution in [1.82, 2.24) is 0 Å². The number of hydrogen-bond donors (Lipinski definition) is 0. The molecule has 1 aliphatic carbocycles. The molecule has 0 saturated carbocycles. The van der Waals surface area contributed by atoms with E-state index in [1.807, 2.05) is 32.9 Å². The topological polar surface area (TPSA) is 52.6 Å². The fourth-order valence-electron chi connectivity index (χ4n) is 2.38. The van der Waals surface area contributed by atoms with Crippen molar-refractivity contribution in [2.24, 2.45) is 5.92 Å². The first-order chi connectivity index (χ1) is 8.15. The van der Waals surface area contributed by atoms with Crippen molar-refractivity contribution >= 4 is 11.9 Å². The summed E-state index contributed by atoms with van der Waals surface area (Å²) in [6.07, 6.45) is 5.43. The Labute approximate surface area is 108 Å². The highest BCUT2D eigenvalue weighted by Gasteiger charge is 2.37. The maximum absolute atomic E-state index is 11.1. The van der Waals surface area contributed by atoms with Crippen molar-refractivity contribution in [3.05, 3.63) is 12.2 Å². The van der Waals surface area contributed by atoms with Gasteiger partial charge in [-0.05, 0) is 39.7 Å². The number of carbonyl (C=O) groups is 2. The van der Waals surface area contributed by atoms with E-state index in [4.69, 9.17) is 9.47 Å². The lowest BCUT2D eigenvalue weighted by molar-refractivity contribution is -0.158. The number of rotatable bonds is 3. The molecule has 0 amide bonds. The number of ether oxygens (including phenoxy) is 2. The van der Waals surface area contributed by atoms with Crippen LogP contribution in [0.1, 0.15) is 47.5 Å². The van der Waals surface area contributed by atoms with Crippen LogP contribution >= 0.6 is 0 Å². The van der Waals surface area contributed by atoms with E-state index in [1.165, 1.54) is 13.8 Å². The van der Waals surface area contributed by atoms with Gasteiger partial charge in [-0.1, -0.05) is 6.08 Å². The molecule has 0 aliphatic heterocycles. The first-order valence-corrected chi connectivity index (χ1v) is 6.23. The predicted molar refractivity (Wildman–Crippen MR) is 67.9 cm³/mol. The molecule has 0 aromatic heterocycles. The minimum atomic E-state index is -0.533. The molecule has 1 aliphatic rings. The minimum absolute atomic E-state index is 0.144. The van der Waals surface area contributed by atoms with Crippen molar-refractivity contribution in [3.63, 3.8) is 0 Å². The first kappa shape index (κ1) is 14.7. The second kappa shape index (κ2) is 5.12. The van der Waals surface area contributed by atoms with E-state index in [0.29, 0.717) is 0 Å². The lowest BCUT2D eigenvalue weighted by Crippen LogP contribution is -2.40. The Bertz CT molecular complexity index is 370. The molecule has 4 nitrogen and oxygen atoms in total. The van der Waals surface area contributed by atoms with E-state index >= 15 is 0 Å². The van der Waals surface area contributed by atoms with Gasteiger partial charge in [-0.15, -0.1) is 0 Å². The largest absolute Gasteiger partial charge is 0.459 e. The van der Waals surface area contributed by atoms with Gasteiger partial charge in [0.2, 0.25) is 0 Å². The quantitative estimate of drug-likeness (QED) is 0.574. The zero-order valence-electron chi connectivity index (χ0n) is 11.8. The van der Waals surface area contributed by atoms with E-state index < -0.39 is 11.2 Å². The van der Waals surface area contributed by atoms with Gasteiger partial charge in [-0.3, -0.25) is 9.59 Å². The standard InChI is InChI=1S/C14H22O4/c1-10(15)17-13(3,4)12-6-8-14(5,9-7-12)18-11(2)16/h6,8,12H,7,9H2,1-5H3/t12-,14-/m0/s1. The van der Waals surface area contributed by atoms with Crippen LogP contribution in [0.25, 0.3) is 0 Å². The average Bonchev–Trinajstić information content (AvgIpc) is 2.13. The summed E-state index contributed by atoms with van der Waals surface area (Å²) in [5.74, 6) is -0.411.